The standard InChI is InChI=1S/C23H29N3O4/c27-22(26-29)12-3-1-2-8-18(23(28)25-19-13-14-24-15-19)16-30-21-11-6-9-17-7-4-5-10-20(17)21/h4-11,19,24,29H,1-3,12-16H2,(H,25,28)(H,26,27)/b18-8+. The molecule has 0 saturated carbocycles. The van der Waals surface area contributed by atoms with Crippen LogP contribution in [0.1, 0.15) is 32.1 Å². The number of hydroxylamine groups is 1. The number of carbonyl (C=O) groups excluding carboxylic acids is 2. The van der Waals surface area contributed by atoms with E-state index >= 15 is 0 Å². The number of benzene rings is 2. The Labute approximate surface area is 176 Å². The molecule has 7 heteroatoms. The van der Waals surface area contributed by atoms with Crippen molar-refractivity contribution in [3.8, 4) is 5.75 Å². The summed E-state index contributed by atoms with van der Waals surface area (Å²) in [5.41, 5.74) is 2.22. The molecule has 4 N–H and O–H groups in total. The molecule has 1 fully saturated rings. The summed E-state index contributed by atoms with van der Waals surface area (Å²) in [7, 11) is 0. The zero-order valence-corrected chi connectivity index (χ0v) is 17.0. The van der Waals surface area contributed by atoms with Gasteiger partial charge in [-0.2, -0.15) is 0 Å². The first-order valence-electron chi connectivity index (χ1n) is 10.4. The Balaban J connectivity index is 1.64. The van der Waals surface area contributed by atoms with E-state index in [-0.39, 0.29) is 25.0 Å². The van der Waals surface area contributed by atoms with Gasteiger partial charge in [0.1, 0.15) is 12.4 Å². The van der Waals surface area contributed by atoms with E-state index in [1.165, 1.54) is 0 Å². The van der Waals surface area contributed by atoms with E-state index in [2.05, 4.69) is 10.6 Å². The predicted molar refractivity (Wildman–Crippen MR) is 115 cm³/mol. The Bertz CT molecular complexity index is 886. The molecule has 2 amide bonds. The van der Waals surface area contributed by atoms with Crippen LogP contribution in [0, 0.1) is 0 Å². The van der Waals surface area contributed by atoms with Crippen LogP contribution >= 0.6 is 0 Å². The third kappa shape index (κ3) is 6.30. The predicted octanol–water partition coefficient (Wildman–Crippen LogP) is 2.69. The normalized spacial score (nSPS) is 16.4. The molecular formula is C23H29N3O4. The van der Waals surface area contributed by atoms with E-state index < -0.39 is 5.91 Å². The lowest BCUT2D eigenvalue weighted by Gasteiger charge is -2.15. The second-order valence-electron chi connectivity index (χ2n) is 7.44. The number of carbonyl (C=O) groups is 2. The van der Waals surface area contributed by atoms with Crippen LogP contribution in [0.4, 0.5) is 0 Å². The number of nitrogens with one attached hydrogen (secondary N) is 3. The fourth-order valence-corrected chi connectivity index (χ4v) is 3.51. The molecule has 160 valence electrons. The minimum absolute atomic E-state index is 0.114. The Kier molecular flexibility index (Phi) is 8.23. The lowest BCUT2D eigenvalue weighted by atomic mass is 10.1. The summed E-state index contributed by atoms with van der Waals surface area (Å²) in [5.74, 6) is 0.232. The molecule has 7 nitrogen and oxygen atoms in total. The second kappa shape index (κ2) is 11.3. The minimum atomic E-state index is -0.398. The number of fused-ring (bicyclic) bond motifs is 1. The van der Waals surface area contributed by atoms with Crippen molar-refractivity contribution in [2.45, 2.75) is 38.1 Å². The first-order chi connectivity index (χ1) is 14.7. The SMILES string of the molecule is O=C(CCCC/C=C(\COc1cccc2ccccc12)C(=O)NC1CCNC1)NO. The van der Waals surface area contributed by atoms with Crippen LogP contribution in [-0.4, -0.2) is 42.8 Å². The average Bonchev–Trinajstić information content (AvgIpc) is 3.28. The maximum Gasteiger partial charge on any atom is 0.250 e. The Hall–Kier alpha value is -2.90. The van der Waals surface area contributed by atoms with Gasteiger partial charge in [-0.15, -0.1) is 0 Å². The van der Waals surface area contributed by atoms with Crippen LogP contribution < -0.4 is 20.9 Å². The fourth-order valence-electron chi connectivity index (χ4n) is 3.51. The van der Waals surface area contributed by atoms with Crippen LogP contribution in [0.2, 0.25) is 0 Å². The molecule has 2 aromatic rings. The van der Waals surface area contributed by atoms with Crippen LogP contribution in [0.15, 0.2) is 54.1 Å². The largest absolute Gasteiger partial charge is 0.488 e. The average molecular weight is 412 g/mol. The van der Waals surface area contributed by atoms with E-state index in [0.717, 1.165) is 42.5 Å². The van der Waals surface area contributed by atoms with Gasteiger partial charge in [0.25, 0.3) is 5.91 Å². The zero-order valence-electron chi connectivity index (χ0n) is 17.0. The molecule has 2 aromatic carbocycles. The first-order valence-corrected chi connectivity index (χ1v) is 10.4. The van der Waals surface area contributed by atoms with E-state index in [1.807, 2.05) is 48.5 Å². The van der Waals surface area contributed by atoms with Crippen LogP contribution in [0.25, 0.3) is 10.8 Å². The van der Waals surface area contributed by atoms with Crippen molar-refractivity contribution in [1.29, 1.82) is 0 Å². The van der Waals surface area contributed by atoms with Crippen LogP contribution in [-0.2, 0) is 9.59 Å². The van der Waals surface area contributed by atoms with Crippen LogP contribution in [0.3, 0.4) is 0 Å². The van der Waals surface area contributed by atoms with Crippen molar-refractivity contribution in [1.82, 2.24) is 16.1 Å². The third-order valence-corrected chi connectivity index (χ3v) is 5.19. The smallest absolute Gasteiger partial charge is 0.250 e. The van der Waals surface area contributed by atoms with Crippen molar-refractivity contribution in [3.05, 3.63) is 54.1 Å². The van der Waals surface area contributed by atoms with Crippen molar-refractivity contribution in [2.75, 3.05) is 19.7 Å². The highest BCUT2D eigenvalue weighted by Gasteiger charge is 2.19. The Morgan fingerprint density at radius 1 is 1.17 bits per heavy atom. The summed E-state index contributed by atoms with van der Waals surface area (Å²) in [4.78, 5) is 23.9. The molecule has 0 radical (unpaired) electrons. The highest BCUT2D eigenvalue weighted by atomic mass is 16.5. The number of rotatable bonds is 10. The number of allylic oxidation sites excluding steroid dienone is 1. The molecule has 1 saturated heterocycles. The lowest BCUT2D eigenvalue weighted by molar-refractivity contribution is -0.129. The molecule has 0 aliphatic carbocycles. The third-order valence-electron chi connectivity index (χ3n) is 5.19. The molecule has 1 atom stereocenters. The summed E-state index contributed by atoms with van der Waals surface area (Å²) < 4.78 is 6.04. The Morgan fingerprint density at radius 3 is 2.80 bits per heavy atom. The Morgan fingerprint density at radius 2 is 2.00 bits per heavy atom. The van der Waals surface area contributed by atoms with Gasteiger partial charge >= 0.3 is 0 Å². The molecular weight excluding hydrogens is 382 g/mol. The topological polar surface area (TPSA) is 99.7 Å². The van der Waals surface area contributed by atoms with E-state index in [0.29, 0.717) is 18.4 Å². The monoisotopic (exact) mass is 411 g/mol. The quantitative estimate of drug-likeness (QED) is 0.209. The van der Waals surface area contributed by atoms with Gasteiger partial charge in [-0.1, -0.05) is 42.5 Å². The number of amides is 2. The zero-order chi connectivity index (χ0) is 21.2. The maximum atomic E-state index is 12.8. The maximum absolute atomic E-state index is 12.8. The summed E-state index contributed by atoms with van der Waals surface area (Å²) in [6.07, 6.45) is 5.09. The summed E-state index contributed by atoms with van der Waals surface area (Å²) in [5, 5.41) is 17.0. The molecule has 1 unspecified atom stereocenters. The number of ether oxygens (including phenoxy) is 1. The number of unbranched alkanes of at least 4 members (excludes halogenated alkanes) is 2. The number of hydrogen-bond donors (Lipinski definition) is 4. The molecule has 0 bridgehead atoms. The van der Waals surface area contributed by atoms with Crippen molar-refractivity contribution < 1.29 is 19.5 Å². The lowest BCUT2D eigenvalue weighted by Crippen LogP contribution is -2.38. The van der Waals surface area contributed by atoms with Crippen molar-refractivity contribution in [3.63, 3.8) is 0 Å². The molecule has 1 aliphatic heterocycles. The van der Waals surface area contributed by atoms with Gasteiger partial charge in [0.15, 0.2) is 0 Å². The van der Waals surface area contributed by atoms with E-state index in [1.54, 1.807) is 5.48 Å². The highest BCUT2D eigenvalue weighted by Crippen LogP contribution is 2.25. The second-order valence-corrected chi connectivity index (χ2v) is 7.44. The number of hydrogen-bond acceptors (Lipinski definition) is 5. The van der Waals surface area contributed by atoms with Gasteiger partial charge in [0, 0.05) is 24.4 Å². The van der Waals surface area contributed by atoms with E-state index in [4.69, 9.17) is 9.94 Å². The summed E-state index contributed by atoms with van der Waals surface area (Å²) in [6, 6.07) is 14.0. The van der Waals surface area contributed by atoms with Gasteiger partial charge in [-0.25, -0.2) is 5.48 Å². The summed E-state index contributed by atoms with van der Waals surface area (Å²) >= 11 is 0. The van der Waals surface area contributed by atoms with Crippen molar-refractivity contribution in [2.24, 2.45) is 0 Å². The van der Waals surface area contributed by atoms with Crippen LogP contribution in [0.5, 0.6) is 5.75 Å². The molecule has 3 rings (SSSR count). The van der Waals surface area contributed by atoms with Gasteiger partial charge in [0.2, 0.25) is 5.91 Å². The summed E-state index contributed by atoms with van der Waals surface area (Å²) in [6.45, 7) is 1.86. The molecule has 0 aromatic heterocycles. The highest BCUT2D eigenvalue weighted by molar-refractivity contribution is 5.94. The van der Waals surface area contributed by atoms with Gasteiger partial charge < -0.3 is 15.4 Å². The molecule has 30 heavy (non-hydrogen) atoms. The van der Waals surface area contributed by atoms with Gasteiger partial charge in [-0.3, -0.25) is 14.8 Å². The molecule has 1 aliphatic rings. The molecule has 1 heterocycles. The van der Waals surface area contributed by atoms with Gasteiger partial charge in [-0.05, 0) is 43.7 Å². The van der Waals surface area contributed by atoms with Crippen molar-refractivity contribution >= 4 is 22.6 Å². The molecule has 0 spiro atoms. The van der Waals surface area contributed by atoms with Gasteiger partial charge in [0.05, 0.1) is 5.57 Å². The van der Waals surface area contributed by atoms with E-state index in [9.17, 15) is 9.59 Å². The first kappa shape index (κ1) is 21.8. The minimum Gasteiger partial charge on any atom is -0.488 e. The fraction of sp³-hybridized carbons (Fsp3) is 0.391.